The molecule has 0 atom stereocenters. The first-order valence-corrected chi connectivity index (χ1v) is 7.04. The Hall–Kier alpha value is -2.08. The van der Waals surface area contributed by atoms with E-state index in [1.54, 1.807) is 6.07 Å². The highest BCUT2D eigenvalue weighted by Crippen LogP contribution is 2.16. The summed E-state index contributed by atoms with van der Waals surface area (Å²) in [5.74, 6) is -1.04. The van der Waals surface area contributed by atoms with E-state index >= 15 is 0 Å². The molecule has 0 aliphatic carbocycles. The molecule has 2 rings (SSSR count). The van der Waals surface area contributed by atoms with Gasteiger partial charge < -0.3 is 14.5 Å². The van der Waals surface area contributed by atoms with Crippen LogP contribution in [0.2, 0.25) is 0 Å². The van der Waals surface area contributed by atoms with Gasteiger partial charge in [-0.2, -0.15) is 0 Å². The summed E-state index contributed by atoms with van der Waals surface area (Å²) in [6, 6.07) is 8.71. The van der Waals surface area contributed by atoms with Gasteiger partial charge in [0.1, 0.15) is 0 Å². The third-order valence-corrected chi connectivity index (χ3v) is 3.19. The van der Waals surface area contributed by atoms with Crippen molar-refractivity contribution in [2.24, 2.45) is 0 Å². The smallest absolute Gasteiger partial charge is 0.374 e. The van der Waals surface area contributed by atoms with Gasteiger partial charge in [-0.25, -0.2) is 4.79 Å². The highest BCUT2D eigenvalue weighted by atomic mass is 79.9. The molecule has 0 saturated carbocycles. The fourth-order valence-corrected chi connectivity index (χ4v) is 2.07. The van der Waals surface area contributed by atoms with Crippen molar-refractivity contribution in [1.82, 2.24) is 0 Å². The maximum Gasteiger partial charge on any atom is 0.374 e. The third kappa shape index (κ3) is 4.19. The molecule has 1 N–H and O–H groups in total. The Balaban J connectivity index is 1.89. The molecule has 110 valence electrons. The lowest BCUT2D eigenvalue weighted by atomic mass is 10.1. The molecule has 0 saturated heterocycles. The van der Waals surface area contributed by atoms with Gasteiger partial charge in [0.05, 0.1) is 0 Å². The van der Waals surface area contributed by atoms with Crippen molar-refractivity contribution in [3.8, 4) is 0 Å². The fraction of sp³-hybridized carbons (Fsp3) is 0.200. The summed E-state index contributed by atoms with van der Waals surface area (Å²) < 4.78 is 10.3. The SMILES string of the molecule is Cc1ccc(NC(=O)COC(=O)c2ccc(Br)o2)c(C)c1. The van der Waals surface area contributed by atoms with Crippen LogP contribution >= 0.6 is 15.9 Å². The average molecular weight is 352 g/mol. The minimum absolute atomic E-state index is 0.0428. The number of anilines is 1. The molecular formula is C15H14BrNO4. The normalized spacial score (nSPS) is 10.2. The Morgan fingerprint density at radius 2 is 2.00 bits per heavy atom. The first-order valence-electron chi connectivity index (χ1n) is 6.25. The van der Waals surface area contributed by atoms with E-state index in [9.17, 15) is 9.59 Å². The number of hydrogen-bond acceptors (Lipinski definition) is 4. The van der Waals surface area contributed by atoms with Gasteiger partial charge in [0.15, 0.2) is 11.3 Å². The van der Waals surface area contributed by atoms with Gasteiger partial charge in [0, 0.05) is 5.69 Å². The number of aryl methyl sites for hydroxylation is 2. The van der Waals surface area contributed by atoms with Crippen molar-refractivity contribution in [1.29, 1.82) is 0 Å². The van der Waals surface area contributed by atoms with E-state index in [0.717, 1.165) is 11.1 Å². The number of benzene rings is 1. The van der Waals surface area contributed by atoms with Crippen LogP contribution in [-0.2, 0) is 9.53 Å². The minimum atomic E-state index is -0.684. The second kappa shape index (κ2) is 6.58. The number of hydrogen-bond donors (Lipinski definition) is 1. The Kier molecular flexibility index (Phi) is 4.80. The molecule has 21 heavy (non-hydrogen) atoms. The molecule has 1 aromatic carbocycles. The van der Waals surface area contributed by atoms with Gasteiger partial charge in [-0.05, 0) is 53.5 Å². The number of ether oxygens (including phenoxy) is 1. The number of carbonyl (C=O) groups is 2. The van der Waals surface area contributed by atoms with Crippen molar-refractivity contribution in [2.45, 2.75) is 13.8 Å². The Labute approximate surface area is 130 Å². The number of furan rings is 1. The Morgan fingerprint density at radius 1 is 1.24 bits per heavy atom. The number of rotatable bonds is 4. The van der Waals surface area contributed by atoms with E-state index in [2.05, 4.69) is 21.2 Å². The summed E-state index contributed by atoms with van der Waals surface area (Å²) in [6.45, 7) is 3.50. The number of esters is 1. The molecule has 5 nitrogen and oxygen atoms in total. The van der Waals surface area contributed by atoms with Crippen LogP contribution in [0.15, 0.2) is 39.4 Å². The maximum atomic E-state index is 11.8. The zero-order valence-electron chi connectivity index (χ0n) is 11.6. The summed E-state index contributed by atoms with van der Waals surface area (Å²) in [5.41, 5.74) is 2.76. The molecule has 0 aliphatic rings. The van der Waals surface area contributed by atoms with E-state index in [4.69, 9.17) is 9.15 Å². The number of amides is 1. The van der Waals surface area contributed by atoms with E-state index in [-0.39, 0.29) is 12.4 Å². The predicted molar refractivity (Wildman–Crippen MR) is 81.2 cm³/mol. The van der Waals surface area contributed by atoms with Crippen LogP contribution in [0, 0.1) is 13.8 Å². The summed E-state index contributed by atoms with van der Waals surface area (Å²) in [6.07, 6.45) is 0. The van der Waals surface area contributed by atoms with E-state index in [0.29, 0.717) is 10.4 Å². The molecule has 0 radical (unpaired) electrons. The molecule has 1 aromatic heterocycles. The van der Waals surface area contributed by atoms with Gasteiger partial charge >= 0.3 is 5.97 Å². The Morgan fingerprint density at radius 3 is 2.62 bits per heavy atom. The zero-order valence-corrected chi connectivity index (χ0v) is 13.2. The van der Waals surface area contributed by atoms with Gasteiger partial charge in [-0.3, -0.25) is 4.79 Å². The van der Waals surface area contributed by atoms with E-state index < -0.39 is 11.9 Å². The van der Waals surface area contributed by atoms with Crippen LogP contribution in [0.1, 0.15) is 21.7 Å². The first-order chi connectivity index (χ1) is 9.95. The molecular weight excluding hydrogens is 338 g/mol. The lowest BCUT2D eigenvalue weighted by Crippen LogP contribution is -2.21. The average Bonchev–Trinajstić information content (AvgIpc) is 2.86. The van der Waals surface area contributed by atoms with Crippen LogP contribution in [0.25, 0.3) is 0 Å². The van der Waals surface area contributed by atoms with Crippen LogP contribution in [0.4, 0.5) is 5.69 Å². The fourth-order valence-electron chi connectivity index (χ4n) is 1.77. The van der Waals surface area contributed by atoms with Crippen LogP contribution < -0.4 is 5.32 Å². The molecule has 1 heterocycles. The van der Waals surface area contributed by atoms with Crippen molar-refractivity contribution >= 4 is 33.5 Å². The van der Waals surface area contributed by atoms with Crippen LogP contribution in [0.3, 0.4) is 0 Å². The predicted octanol–water partition coefficient (Wildman–Crippen LogP) is 3.45. The largest absolute Gasteiger partial charge is 0.450 e. The molecule has 0 unspecified atom stereocenters. The van der Waals surface area contributed by atoms with Gasteiger partial charge in [0.25, 0.3) is 5.91 Å². The van der Waals surface area contributed by atoms with Crippen molar-refractivity contribution in [3.63, 3.8) is 0 Å². The van der Waals surface area contributed by atoms with Gasteiger partial charge in [0.2, 0.25) is 5.76 Å². The monoisotopic (exact) mass is 351 g/mol. The van der Waals surface area contributed by atoms with Crippen LogP contribution in [0.5, 0.6) is 0 Å². The quantitative estimate of drug-likeness (QED) is 0.856. The van der Waals surface area contributed by atoms with Crippen molar-refractivity contribution < 1.29 is 18.7 Å². The van der Waals surface area contributed by atoms with E-state index in [1.807, 2.05) is 32.0 Å². The maximum absolute atomic E-state index is 11.8. The topological polar surface area (TPSA) is 68.5 Å². The summed E-state index contributed by atoms with van der Waals surface area (Å²) in [5, 5.41) is 2.69. The highest BCUT2D eigenvalue weighted by Gasteiger charge is 2.14. The summed E-state index contributed by atoms with van der Waals surface area (Å²) >= 11 is 3.08. The minimum Gasteiger partial charge on any atom is -0.450 e. The second-order valence-electron chi connectivity index (χ2n) is 4.55. The van der Waals surface area contributed by atoms with Crippen LogP contribution in [-0.4, -0.2) is 18.5 Å². The number of halogens is 1. The standard InChI is InChI=1S/C15H14BrNO4/c1-9-3-4-11(10(2)7-9)17-14(18)8-20-15(19)12-5-6-13(16)21-12/h3-7H,8H2,1-2H3,(H,17,18). The molecule has 2 aromatic rings. The number of carbonyl (C=O) groups excluding carboxylic acids is 2. The lowest BCUT2D eigenvalue weighted by Gasteiger charge is -2.09. The first kappa shape index (κ1) is 15.3. The zero-order chi connectivity index (χ0) is 15.4. The summed E-state index contributed by atoms with van der Waals surface area (Å²) in [7, 11) is 0. The molecule has 0 bridgehead atoms. The van der Waals surface area contributed by atoms with Gasteiger partial charge in [-0.15, -0.1) is 0 Å². The molecule has 1 amide bonds. The lowest BCUT2D eigenvalue weighted by molar-refractivity contribution is -0.119. The van der Waals surface area contributed by atoms with Crippen molar-refractivity contribution in [3.05, 3.63) is 51.9 Å². The highest BCUT2D eigenvalue weighted by molar-refractivity contribution is 9.10. The second-order valence-corrected chi connectivity index (χ2v) is 5.33. The molecule has 6 heteroatoms. The third-order valence-electron chi connectivity index (χ3n) is 2.76. The Bertz CT molecular complexity index is 678. The number of nitrogens with one attached hydrogen (secondary N) is 1. The van der Waals surface area contributed by atoms with E-state index in [1.165, 1.54) is 6.07 Å². The molecule has 0 spiro atoms. The molecule has 0 aliphatic heterocycles. The summed E-state index contributed by atoms with van der Waals surface area (Å²) in [4.78, 5) is 23.4. The molecule has 0 fully saturated rings. The van der Waals surface area contributed by atoms with Crippen molar-refractivity contribution in [2.75, 3.05) is 11.9 Å². The van der Waals surface area contributed by atoms with Gasteiger partial charge in [-0.1, -0.05) is 17.7 Å².